The molecular formula is C16H19N3O2. The second-order valence-electron chi connectivity index (χ2n) is 5.52. The SMILES string of the molecule is O=C(NCC1CCCNC1)c1cc(=O)[nH]c2ccccc12. The van der Waals surface area contributed by atoms with Gasteiger partial charge in [-0.2, -0.15) is 0 Å². The van der Waals surface area contributed by atoms with Gasteiger partial charge >= 0.3 is 0 Å². The molecule has 110 valence electrons. The standard InChI is InChI=1S/C16H19N3O2/c20-15-8-13(12-5-1-2-6-14(12)19-15)16(21)18-10-11-4-3-7-17-9-11/h1-2,5-6,8,11,17H,3-4,7,9-10H2,(H,18,21)(H,19,20). The summed E-state index contributed by atoms with van der Waals surface area (Å²) in [4.78, 5) is 26.8. The molecule has 1 aliphatic heterocycles. The fourth-order valence-corrected chi connectivity index (χ4v) is 2.82. The van der Waals surface area contributed by atoms with Crippen molar-refractivity contribution in [3.8, 4) is 0 Å². The van der Waals surface area contributed by atoms with Crippen molar-refractivity contribution in [2.45, 2.75) is 12.8 Å². The van der Waals surface area contributed by atoms with E-state index in [0.29, 0.717) is 23.5 Å². The molecule has 0 aliphatic carbocycles. The molecule has 1 atom stereocenters. The summed E-state index contributed by atoms with van der Waals surface area (Å²) in [5.41, 5.74) is 0.880. The minimum Gasteiger partial charge on any atom is -0.352 e. The monoisotopic (exact) mass is 285 g/mol. The van der Waals surface area contributed by atoms with Gasteiger partial charge in [0.1, 0.15) is 0 Å². The highest BCUT2D eigenvalue weighted by Crippen LogP contribution is 2.15. The van der Waals surface area contributed by atoms with Gasteiger partial charge in [0, 0.05) is 23.5 Å². The summed E-state index contributed by atoms with van der Waals surface area (Å²) >= 11 is 0. The van der Waals surface area contributed by atoms with E-state index in [0.717, 1.165) is 31.3 Å². The number of hydrogen-bond donors (Lipinski definition) is 3. The van der Waals surface area contributed by atoms with E-state index < -0.39 is 0 Å². The van der Waals surface area contributed by atoms with Gasteiger partial charge in [-0.25, -0.2) is 0 Å². The van der Waals surface area contributed by atoms with Gasteiger partial charge in [-0.1, -0.05) is 18.2 Å². The maximum atomic E-state index is 12.4. The largest absolute Gasteiger partial charge is 0.352 e. The molecule has 3 rings (SSSR count). The number of pyridine rings is 1. The Morgan fingerprint density at radius 3 is 3.00 bits per heavy atom. The van der Waals surface area contributed by atoms with E-state index in [2.05, 4.69) is 15.6 Å². The first-order valence-electron chi connectivity index (χ1n) is 7.35. The third-order valence-electron chi connectivity index (χ3n) is 3.95. The van der Waals surface area contributed by atoms with Gasteiger partial charge in [0.15, 0.2) is 0 Å². The summed E-state index contributed by atoms with van der Waals surface area (Å²) in [6.07, 6.45) is 2.28. The van der Waals surface area contributed by atoms with Crippen LogP contribution < -0.4 is 16.2 Å². The van der Waals surface area contributed by atoms with Crippen molar-refractivity contribution in [3.63, 3.8) is 0 Å². The summed E-state index contributed by atoms with van der Waals surface area (Å²) in [6.45, 7) is 2.65. The summed E-state index contributed by atoms with van der Waals surface area (Å²) in [5.74, 6) is 0.291. The molecule has 0 saturated carbocycles. The third-order valence-corrected chi connectivity index (χ3v) is 3.95. The number of aromatic nitrogens is 1. The highest BCUT2D eigenvalue weighted by molar-refractivity contribution is 6.05. The number of carbonyl (C=O) groups excluding carboxylic acids is 1. The zero-order valence-corrected chi connectivity index (χ0v) is 11.8. The number of aromatic amines is 1. The fraction of sp³-hybridized carbons (Fsp3) is 0.375. The number of piperidine rings is 1. The predicted octanol–water partition coefficient (Wildman–Crippen LogP) is 1.26. The molecule has 1 fully saturated rings. The smallest absolute Gasteiger partial charge is 0.252 e. The highest BCUT2D eigenvalue weighted by atomic mass is 16.2. The first kappa shape index (κ1) is 13.8. The van der Waals surface area contributed by atoms with E-state index in [1.54, 1.807) is 6.07 Å². The van der Waals surface area contributed by atoms with Crippen LogP contribution in [0.4, 0.5) is 0 Å². The van der Waals surface area contributed by atoms with Crippen molar-refractivity contribution < 1.29 is 4.79 Å². The Kier molecular flexibility index (Phi) is 4.01. The van der Waals surface area contributed by atoms with Crippen LogP contribution >= 0.6 is 0 Å². The van der Waals surface area contributed by atoms with Gasteiger partial charge in [0.05, 0.1) is 5.56 Å². The van der Waals surface area contributed by atoms with Crippen molar-refractivity contribution in [1.82, 2.24) is 15.6 Å². The topological polar surface area (TPSA) is 74.0 Å². The van der Waals surface area contributed by atoms with Crippen LogP contribution in [-0.2, 0) is 0 Å². The van der Waals surface area contributed by atoms with Crippen LogP contribution in [0.25, 0.3) is 10.9 Å². The van der Waals surface area contributed by atoms with Gasteiger partial charge in [0.25, 0.3) is 5.91 Å². The zero-order valence-electron chi connectivity index (χ0n) is 11.8. The lowest BCUT2D eigenvalue weighted by atomic mass is 9.99. The fourth-order valence-electron chi connectivity index (χ4n) is 2.82. The minimum atomic E-state index is -0.252. The molecule has 0 spiro atoms. The quantitative estimate of drug-likeness (QED) is 0.795. The van der Waals surface area contributed by atoms with Crippen LogP contribution in [0.3, 0.4) is 0 Å². The highest BCUT2D eigenvalue weighted by Gasteiger charge is 2.16. The number of H-pyrrole nitrogens is 1. The Morgan fingerprint density at radius 1 is 1.33 bits per heavy atom. The van der Waals surface area contributed by atoms with E-state index >= 15 is 0 Å². The van der Waals surface area contributed by atoms with Crippen LogP contribution in [0, 0.1) is 5.92 Å². The average molecular weight is 285 g/mol. The second kappa shape index (κ2) is 6.10. The average Bonchev–Trinajstić information content (AvgIpc) is 2.52. The molecule has 1 aromatic heterocycles. The van der Waals surface area contributed by atoms with E-state index in [-0.39, 0.29) is 11.5 Å². The van der Waals surface area contributed by atoms with E-state index in [9.17, 15) is 9.59 Å². The number of fused-ring (bicyclic) bond motifs is 1. The Bertz CT molecular complexity index is 702. The number of benzene rings is 1. The van der Waals surface area contributed by atoms with Crippen LogP contribution in [0.15, 0.2) is 35.1 Å². The Morgan fingerprint density at radius 2 is 2.19 bits per heavy atom. The maximum absolute atomic E-state index is 12.4. The summed E-state index contributed by atoms with van der Waals surface area (Å²) in [6, 6.07) is 8.73. The van der Waals surface area contributed by atoms with E-state index in [4.69, 9.17) is 0 Å². The third kappa shape index (κ3) is 3.13. The molecular weight excluding hydrogens is 266 g/mol. The molecule has 1 unspecified atom stereocenters. The minimum absolute atomic E-state index is 0.178. The molecule has 1 amide bonds. The summed E-state index contributed by atoms with van der Waals surface area (Å²) in [5, 5.41) is 7.06. The molecule has 1 saturated heterocycles. The Labute approximate surface area is 122 Å². The predicted molar refractivity (Wildman–Crippen MR) is 82.5 cm³/mol. The van der Waals surface area contributed by atoms with Crippen molar-refractivity contribution in [2.75, 3.05) is 19.6 Å². The Hall–Kier alpha value is -2.14. The lowest BCUT2D eigenvalue weighted by Gasteiger charge is -2.22. The van der Waals surface area contributed by atoms with Crippen molar-refractivity contribution in [1.29, 1.82) is 0 Å². The lowest BCUT2D eigenvalue weighted by Crippen LogP contribution is -2.38. The molecule has 5 nitrogen and oxygen atoms in total. The number of nitrogens with one attached hydrogen (secondary N) is 3. The van der Waals surface area contributed by atoms with Gasteiger partial charge in [0.2, 0.25) is 5.56 Å². The lowest BCUT2D eigenvalue weighted by molar-refractivity contribution is 0.0946. The maximum Gasteiger partial charge on any atom is 0.252 e. The van der Waals surface area contributed by atoms with Crippen molar-refractivity contribution in [3.05, 3.63) is 46.2 Å². The van der Waals surface area contributed by atoms with Crippen LogP contribution in [0.2, 0.25) is 0 Å². The molecule has 2 aromatic rings. The summed E-state index contributed by atoms with van der Waals surface area (Å²) in [7, 11) is 0. The van der Waals surface area contributed by atoms with E-state index in [1.807, 2.05) is 18.2 Å². The molecule has 0 bridgehead atoms. The molecule has 3 N–H and O–H groups in total. The number of rotatable bonds is 3. The van der Waals surface area contributed by atoms with Crippen molar-refractivity contribution in [2.24, 2.45) is 5.92 Å². The molecule has 5 heteroatoms. The van der Waals surface area contributed by atoms with Crippen molar-refractivity contribution >= 4 is 16.8 Å². The van der Waals surface area contributed by atoms with Crippen LogP contribution in [-0.4, -0.2) is 30.5 Å². The number of para-hydroxylation sites is 1. The summed E-state index contributed by atoms with van der Waals surface area (Å²) < 4.78 is 0. The van der Waals surface area contributed by atoms with Gasteiger partial charge < -0.3 is 15.6 Å². The van der Waals surface area contributed by atoms with Gasteiger partial charge in [-0.05, 0) is 37.9 Å². The number of hydrogen-bond acceptors (Lipinski definition) is 3. The second-order valence-corrected chi connectivity index (χ2v) is 5.52. The van der Waals surface area contributed by atoms with E-state index in [1.165, 1.54) is 6.07 Å². The van der Waals surface area contributed by atoms with Crippen LogP contribution in [0.1, 0.15) is 23.2 Å². The van der Waals surface area contributed by atoms with Gasteiger partial charge in [-0.3, -0.25) is 9.59 Å². The normalized spacial score (nSPS) is 18.6. The van der Waals surface area contributed by atoms with Crippen LogP contribution in [0.5, 0.6) is 0 Å². The molecule has 21 heavy (non-hydrogen) atoms. The number of carbonyl (C=O) groups is 1. The Balaban J connectivity index is 1.79. The zero-order chi connectivity index (χ0) is 14.7. The molecule has 1 aromatic carbocycles. The first-order chi connectivity index (χ1) is 10.2. The molecule has 0 radical (unpaired) electrons. The van der Waals surface area contributed by atoms with Gasteiger partial charge in [-0.15, -0.1) is 0 Å². The number of amides is 1. The molecule has 2 heterocycles. The molecule has 1 aliphatic rings. The first-order valence-corrected chi connectivity index (χ1v) is 7.35.